The van der Waals surface area contributed by atoms with Gasteiger partial charge >= 0.3 is 0 Å². The van der Waals surface area contributed by atoms with E-state index in [1.807, 2.05) is 19.6 Å². The van der Waals surface area contributed by atoms with Gasteiger partial charge in [-0.3, -0.25) is 19.2 Å². The number of benzene rings is 2. The zero-order valence-electron chi connectivity index (χ0n) is 31.5. The summed E-state index contributed by atoms with van der Waals surface area (Å²) in [5.41, 5.74) is 6.70. The van der Waals surface area contributed by atoms with E-state index in [-0.39, 0.29) is 16.8 Å². The molecule has 2 aromatic carbocycles. The normalized spacial score (nSPS) is 16.0. The molecule has 14 heteroatoms. The number of Topliss-reactive ketones (excluding diaryl/α,β-unsaturated/α-hetero) is 1. The first kappa shape index (κ1) is 30.2. The van der Waals surface area contributed by atoms with Gasteiger partial charge in [-0.2, -0.15) is 5.26 Å². The number of carboxylic acids is 1. The number of rotatable bonds is 4. The number of nitrogens with two attached hydrogens (primary N) is 1. The van der Waals surface area contributed by atoms with Crippen molar-refractivity contribution in [3.8, 4) is 11.8 Å². The van der Waals surface area contributed by atoms with Crippen LogP contribution in [0.1, 0.15) is 74.4 Å². The Morgan fingerprint density at radius 2 is 1.40 bits per heavy atom. The largest absolute Gasteiger partial charge is 0.481 e. The van der Waals surface area contributed by atoms with Crippen molar-refractivity contribution in [3.63, 3.8) is 0 Å². The van der Waals surface area contributed by atoms with E-state index in [4.69, 9.17) is 34.4 Å². The summed E-state index contributed by atoms with van der Waals surface area (Å²) < 4.78 is 68.2. The number of carbonyl (C=O) groups is 4. The number of carbonyl (C=O) groups excluding carboxylic acids is 3. The van der Waals surface area contributed by atoms with Crippen molar-refractivity contribution in [1.82, 2.24) is 10.6 Å². The lowest BCUT2D eigenvalue weighted by molar-refractivity contribution is -0.134. The Hall–Kier alpha value is -4.82. The zero-order valence-corrected chi connectivity index (χ0v) is 26.5. The predicted octanol–water partition coefficient (Wildman–Crippen LogP) is 5.03. The summed E-state index contributed by atoms with van der Waals surface area (Å²) in [7, 11) is -1.33. The van der Waals surface area contributed by atoms with Gasteiger partial charge in [0.25, 0.3) is 17.8 Å². The molecule has 0 aliphatic heterocycles. The number of nitriles is 2. The minimum atomic E-state index is -2.67. The van der Waals surface area contributed by atoms with Crippen molar-refractivity contribution in [1.29, 1.82) is 10.5 Å². The molecule has 6 N–H and O–H groups in total. The van der Waals surface area contributed by atoms with Gasteiger partial charge < -0.3 is 26.8 Å². The molecule has 0 saturated heterocycles. The first-order chi connectivity index (χ1) is 23.2. The molecule has 0 bridgehead atoms. The molecule has 244 valence electrons. The quantitative estimate of drug-likeness (QED) is 0.222. The van der Waals surface area contributed by atoms with E-state index in [0.717, 1.165) is 50.8 Å². The Bertz CT molecular complexity index is 1610. The lowest BCUT2D eigenvalue weighted by atomic mass is 9.78. The molecule has 0 spiro atoms. The Morgan fingerprint density at radius 1 is 0.956 bits per heavy atom. The summed E-state index contributed by atoms with van der Waals surface area (Å²) in [5.74, 6) is -4.08. The zero-order chi connectivity index (χ0) is 39.8. The molecular formula is C31H42F2N6O5Si. The molecule has 11 nitrogen and oxygen atoms in total. The van der Waals surface area contributed by atoms with Gasteiger partial charge in [0.15, 0.2) is 8.07 Å². The fraction of sp³-hybridized carbons (Fsp3) is 0.419. The van der Waals surface area contributed by atoms with Crippen LogP contribution in [0.15, 0.2) is 36.4 Å². The molecule has 2 aliphatic rings. The monoisotopic (exact) mass is 650 g/mol. The number of nitrogens with one attached hydrogen (secondary N) is 3. The number of nitrogen functional groups attached to an aromatic ring is 1. The number of anilines is 2. The van der Waals surface area contributed by atoms with Crippen LogP contribution in [0.3, 0.4) is 0 Å². The van der Waals surface area contributed by atoms with Crippen molar-refractivity contribution in [2.45, 2.75) is 70.6 Å². The summed E-state index contributed by atoms with van der Waals surface area (Å²) >= 11 is 0. The third kappa shape index (κ3) is 16.0. The Labute approximate surface area is 272 Å². The van der Waals surface area contributed by atoms with Gasteiger partial charge in [0.1, 0.15) is 23.0 Å². The van der Waals surface area contributed by atoms with E-state index >= 15 is 0 Å². The van der Waals surface area contributed by atoms with Crippen LogP contribution in [0.4, 0.5) is 20.2 Å². The standard InChI is InChI=1S/C13H14FN3O.C8H9FN2O.C4H9NSi.C4H6O.C2H4O2/c1-16-12(18)10-4-3-9(7-11(10)14)17-13(8-15)5-2-6-13;1-11-8(12)6-3-2-5(10)4-7(6)9;1-6(2,3)4-5;5-4-2-1-3-4;1-2(3)4/h3-4,7,17H,2,5-6H2,1H3,(H,16,18);2-4H,10H2,1H3,(H,11,12);1-3H3;1-3H2;1H3,(H,3,4)/i2*1D3;;;. The summed E-state index contributed by atoms with van der Waals surface area (Å²) in [5, 5.41) is 31.1. The number of amides is 2. The van der Waals surface area contributed by atoms with Gasteiger partial charge in [-0.25, -0.2) is 14.0 Å². The maximum Gasteiger partial charge on any atom is 0.300 e. The van der Waals surface area contributed by atoms with Crippen molar-refractivity contribution in [2.75, 3.05) is 25.0 Å². The van der Waals surface area contributed by atoms with E-state index in [1.54, 1.807) is 10.6 Å². The van der Waals surface area contributed by atoms with Gasteiger partial charge in [0, 0.05) is 59.0 Å². The molecule has 4 rings (SSSR count). The number of hydrogen-bond donors (Lipinski definition) is 5. The van der Waals surface area contributed by atoms with E-state index in [9.17, 15) is 23.2 Å². The third-order valence-electron chi connectivity index (χ3n) is 5.73. The summed E-state index contributed by atoms with van der Waals surface area (Å²) in [6.07, 6.45) is 5.14. The fourth-order valence-corrected chi connectivity index (χ4v) is 3.02. The van der Waals surface area contributed by atoms with Crippen LogP contribution in [0.5, 0.6) is 0 Å². The molecule has 2 saturated carbocycles. The number of ketones is 1. The summed E-state index contributed by atoms with van der Waals surface area (Å²) in [6.45, 7) is 1.84. The van der Waals surface area contributed by atoms with Crippen LogP contribution >= 0.6 is 0 Å². The Kier molecular flexibility index (Phi) is 13.1. The van der Waals surface area contributed by atoms with Gasteiger partial charge in [-0.1, -0.05) is 19.6 Å². The molecule has 2 aromatic rings. The average molecular weight is 651 g/mol. The summed E-state index contributed by atoms with van der Waals surface area (Å²) in [4.78, 5) is 41.8. The molecule has 2 amide bonds. The lowest BCUT2D eigenvalue weighted by Crippen LogP contribution is -2.43. The first-order valence-corrected chi connectivity index (χ1v) is 17.0. The molecule has 0 radical (unpaired) electrons. The highest BCUT2D eigenvalue weighted by molar-refractivity contribution is 6.83. The number of hydrogen-bond acceptors (Lipinski definition) is 8. The molecular weight excluding hydrogens is 602 g/mol. The molecule has 0 aromatic heterocycles. The second-order valence-corrected chi connectivity index (χ2v) is 15.5. The van der Waals surface area contributed by atoms with E-state index in [2.05, 4.69) is 17.1 Å². The van der Waals surface area contributed by atoms with Crippen LogP contribution < -0.4 is 21.7 Å². The molecule has 0 atom stereocenters. The third-order valence-corrected chi connectivity index (χ3v) is 6.40. The van der Waals surface area contributed by atoms with Crippen molar-refractivity contribution >= 4 is 43.0 Å². The van der Waals surface area contributed by atoms with E-state index in [1.165, 1.54) is 18.2 Å². The SMILES string of the molecule is CC(=O)O.C[Si](C)(C)C#N.O=C1CCC1.[2H]C([2H])([2H])NC(=O)c1ccc(N)cc1F.[2H]C([2H])([2H])NC(=O)c1ccc(NC2(C#N)CCC2)cc1F. The van der Waals surface area contributed by atoms with Gasteiger partial charge in [-0.05, 0) is 62.1 Å². The highest BCUT2D eigenvalue weighted by atomic mass is 28.3. The minimum Gasteiger partial charge on any atom is -0.481 e. The Morgan fingerprint density at radius 3 is 1.69 bits per heavy atom. The molecule has 0 unspecified atom stereocenters. The minimum absolute atomic E-state index is 0.165. The summed E-state index contributed by atoms with van der Waals surface area (Å²) in [6, 6.07) is 9.30. The average Bonchev–Trinajstić information content (AvgIpc) is 2.92. The van der Waals surface area contributed by atoms with Crippen molar-refractivity contribution in [3.05, 3.63) is 59.2 Å². The number of halogens is 2. The van der Waals surface area contributed by atoms with Gasteiger partial charge in [0.2, 0.25) is 0 Å². The molecule has 45 heavy (non-hydrogen) atoms. The number of carboxylic acid groups (broad SMARTS) is 1. The number of nitrogens with zero attached hydrogens (tertiary/aromatic N) is 2. The van der Waals surface area contributed by atoms with Crippen molar-refractivity contribution < 1.29 is 41.3 Å². The van der Waals surface area contributed by atoms with E-state index < -0.39 is 57.0 Å². The Balaban J connectivity index is 0.000000717. The van der Waals surface area contributed by atoms with Crippen LogP contribution in [-0.2, 0) is 9.59 Å². The molecule has 0 heterocycles. The van der Waals surface area contributed by atoms with E-state index in [0.29, 0.717) is 24.3 Å². The first-order valence-electron chi connectivity index (χ1n) is 16.5. The maximum atomic E-state index is 13.9. The fourth-order valence-electron chi connectivity index (χ4n) is 3.02. The van der Waals surface area contributed by atoms with Gasteiger partial charge in [0.05, 0.1) is 17.2 Å². The second-order valence-electron chi connectivity index (χ2n) is 10.8. The highest BCUT2D eigenvalue weighted by Crippen LogP contribution is 2.34. The predicted molar refractivity (Wildman–Crippen MR) is 171 cm³/mol. The van der Waals surface area contributed by atoms with Crippen LogP contribution in [-0.4, -0.2) is 56.2 Å². The highest BCUT2D eigenvalue weighted by Gasteiger charge is 2.37. The van der Waals surface area contributed by atoms with Crippen LogP contribution in [0, 0.1) is 33.9 Å². The van der Waals surface area contributed by atoms with Crippen LogP contribution in [0.2, 0.25) is 19.6 Å². The lowest BCUT2D eigenvalue weighted by Gasteiger charge is -2.36. The van der Waals surface area contributed by atoms with Crippen molar-refractivity contribution in [2.24, 2.45) is 0 Å². The molecule has 2 fully saturated rings. The topological polar surface area (TPSA) is 198 Å². The van der Waals surface area contributed by atoms with Crippen LogP contribution in [0.25, 0.3) is 0 Å². The molecule has 2 aliphatic carbocycles. The number of aliphatic carboxylic acids is 1. The smallest absolute Gasteiger partial charge is 0.300 e. The van der Waals surface area contributed by atoms with Gasteiger partial charge in [-0.15, -0.1) is 0 Å². The maximum absolute atomic E-state index is 13.9. The second kappa shape index (κ2) is 19.5.